The number of hydrogen-bond donors (Lipinski definition) is 2. The van der Waals surface area contributed by atoms with Gasteiger partial charge in [-0.3, -0.25) is 4.79 Å². The minimum atomic E-state index is -3.85. The molecule has 0 heterocycles. The molecule has 0 saturated heterocycles. The number of nitrogens with two attached hydrogens (primary N) is 1. The van der Waals surface area contributed by atoms with Crippen molar-refractivity contribution in [3.05, 3.63) is 59.2 Å². The number of carbonyl (C=O) groups excluding carboxylic acids is 1. The lowest BCUT2D eigenvalue weighted by atomic mass is 10.1. The fourth-order valence-corrected chi connectivity index (χ4v) is 4.51. The van der Waals surface area contributed by atoms with Crippen LogP contribution in [0.4, 0.5) is 0 Å². The van der Waals surface area contributed by atoms with Gasteiger partial charge >= 0.3 is 0 Å². The summed E-state index contributed by atoms with van der Waals surface area (Å²) in [6.45, 7) is 5.42. The van der Waals surface area contributed by atoms with Gasteiger partial charge in [-0.25, -0.2) is 26.7 Å². The van der Waals surface area contributed by atoms with Crippen molar-refractivity contribution in [2.24, 2.45) is 5.14 Å². The highest BCUT2D eigenvalue weighted by Gasteiger charge is 2.20. The van der Waals surface area contributed by atoms with Crippen molar-refractivity contribution >= 4 is 26.0 Å². The Morgan fingerprint density at radius 3 is 2.30 bits per heavy atom. The topological polar surface area (TPSA) is 127 Å². The Balaban J connectivity index is 2.01. The molecule has 0 aliphatic rings. The highest BCUT2D eigenvalue weighted by molar-refractivity contribution is 7.89. The van der Waals surface area contributed by atoms with E-state index in [-0.39, 0.29) is 28.7 Å². The third-order valence-corrected chi connectivity index (χ3v) is 7.43. The second-order valence-electron chi connectivity index (χ2n) is 7.19. The lowest BCUT2D eigenvalue weighted by Gasteiger charge is -2.25. The molecule has 0 saturated carbocycles. The number of benzene rings is 2. The van der Waals surface area contributed by atoms with Gasteiger partial charge in [0, 0.05) is 20.0 Å². The maximum atomic E-state index is 12.5. The molecule has 1 unspecified atom stereocenters. The molecule has 0 spiro atoms. The molecule has 3 N–H and O–H groups in total. The number of hydrogen-bond acceptors (Lipinski definition) is 5. The summed E-state index contributed by atoms with van der Waals surface area (Å²) in [6, 6.07) is 10.5. The standard InChI is InChI=1S/C20H27N3O5S2/c1-14-8-9-19(12-15(14)2)30(27,28)22-11-10-20(24)23(4)16(3)17-6-5-7-18(13-17)29(21,25)26/h5-9,12-13,16,22H,10-11H2,1-4H3,(H2,21,25,26). The van der Waals surface area contributed by atoms with E-state index in [1.54, 1.807) is 38.2 Å². The van der Waals surface area contributed by atoms with Crippen molar-refractivity contribution in [3.8, 4) is 0 Å². The Bertz CT molecular complexity index is 1140. The first-order valence-electron chi connectivity index (χ1n) is 9.28. The first-order valence-corrected chi connectivity index (χ1v) is 12.3. The molecule has 2 rings (SSSR count). The molecule has 0 aliphatic heterocycles. The van der Waals surface area contributed by atoms with Crippen molar-refractivity contribution in [2.45, 2.75) is 43.0 Å². The van der Waals surface area contributed by atoms with Gasteiger partial charge in [-0.05, 0) is 61.7 Å². The summed E-state index contributed by atoms with van der Waals surface area (Å²) in [6.07, 6.45) is -0.0419. The summed E-state index contributed by atoms with van der Waals surface area (Å²) in [5, 5.41) is 5.16. The van der Waals surface area contributed by atoms with Crippen LogP contribution in [0.15, 0.2) is 52.3 Å². The van der Waals surface area contributed by atoms with Crippen LogP contribution in [0.2, 0.25) is 0 Å². The van der Waals surface area contributed by atoms with Gasteiger partial charge in [0.1, 0.15) is 0 Å². The molecular formula is C20H27N3O5S2. The van der Waals surface area contributed by atoms with E-state index in [9.17, 15) is 21.6 Å². The molecule has 1 atom stereocenters. The molecule has 0 aromatic heterocycles. The van der Waals surface area contributed by atoms with Crippen molar-refractivity contribution in [2.75, 3.05) is 13.6 Å². The van der Waals surface area contributed by atoms with Gasteiger partial charge < -0.3 is 4.90 Å². The van der Waals surface area contributed by atoms with Gasteiger partial charge in [0.05, 0.1) is 15.8 Å². The SMILES string of the molecule is Cc1ccc(S(=O)(=O)NCCC(=O)N(C)C(C)c2cccc(S(N)(=O)=O)c2)cc1C. The van der Waals surface area contributed by atoms with Crippen molar-refractivity contribution in [1.29, 1.82) is 0 Å². The largest absolute Gasteiger partial charge is 0.339 e. The maximum absolute atomic E-state index is 12.5. The molecule has 30 heavy (non-hydrogen) atoms. The summed E-state index contributed by atoms with van der Waals surface area (Å²) in [4.78, 5) is 14.1. The molecule has 164 valence electrons. The third-order valence-electron chi connectivity index (χ3n) is 5.06. The molecule has 0 bridgehead atoms. The smallest absolute Gasteiger partial charge is 0.240 e. The molecule has 0 fully saturated rings. The van der Waals surface area contributed by atoms with E-state index in [1.165, 1.54) is 23.1 Å². The lowest BCUT2D eigenvalue weighted by molar-refractivity contribution is -0.131. The molecule has 1 amide bonds. The number of sulfonamides is 2. The fraction of sp³-hybridized carbons (Fsp3) is 0.350. The minimum Gasteiger partial charge on any atom is -0.339 e. The third kappa shape index (κ3) is 5.88. The quantitative estimate of drug-likeness (QED) is 0.631. The van der Waals surface area contributed by atoms with Crippen LogP contribution >= 0.6 is 0 Å². The fourth-order valence-electron chi connectivity index (χ4n) is 2.82. The van der Waals surface area contributed by atoms with E-state index < -0.39 is 26.1 Å². The molecule has 2 aromatic carbocycles. The first kappa shape index (κ1) is 24.0. The van der Waals surface area contributed by atoms with Gasteiger partial charge in [0.25, 0.3) is 0 Å². The Hall–Kier alpha value is -2.27. The van der Waals surface area contributed by atoms with Crippen LogP contribution < -0.4 is 9.86 Å². The van der Waals surface area contributed by atoms with Crippen LogP contribution in [0, 0.1) is 13.8 Å². The van der Waals surface area contributed by atoms with E-state index in [4.69, 9.17) is 5.14 Å². The van der Waals surface area contributed by atoms with Crippen LogP contribution in [0.5, 0.6) is 0 Å². The van der Waals surface area contributed by atoms with Crippen LogP contribution in [0.1, 0.15) is 36.1 Å². The van der Waals surface area contributed by atoms with Gasteiger partial charge in [0.15, 0.2) is 0 Å². The normalized spacial score (nSPS) is 13.1. The zero-order valence-electron chi connectivity index (χ0n) is 17.4. The highest BCUT2D eigenvalue weighted by Crippen LogP contribution is 2.22. The van der Waals surface area contributed by atoms with Crippen molar-refractivity contribution in [3.63, 3.8) is 0 Å². The molecular weight excluding hydrogens is 426 g/mol. The van der Waals surface area contributed by atoms with E-state index in [0.29, 0.717) is 5.56 Å². The van der Waals surface area contributed by atoms with Crippen molar-refractivity contribution < 1.29 is 21.6 Å². The molecule has 0 aliphatic carbocycles. The predicted octanol–water partition coefficient (Wildman–Crippen LogP) is 1.84. The molecule has 2 aromatic rings. The summed E-state index contributed by atoms with van der Waals surface area (Å²) in [7, 11) is -5.99. The van der Waals surface area contributed by atoms with Crippen LogP contribution in [-0.2, 0) is 24.8 Å². The summed E-state index contributed by atoms with van der Waals surface area (Å²) in [5.41, 5.74) is 2.46. The average Bonchev–Trinajstić information content (AvgIpc) is 2.68. The van der Waals surface area contributed by atoms with Crippen LogP contribution in [0.3, 0.4) is 0 Å². The summed E-state index contributed by atoms with van der Waals surface area (Å²) >= 11 is 0. The van der Waals surface area contributed by atoms with Gasteiger partial charge in [-0.1, -0.05) is 18.2 Å². The number of amides is 1. The molecule has 8 nitrogen and oxygen atoms in total. The Kier molecular flexibility index (Phi) is 7.40. The van der Waals surface area contributed by atoms with Gasteiger partial charge in [0.2, 0.25) is 26.0 Å². The molecule has 10 heteroatoms. The minimum absolute atomic E-state index is 0.0335. The van der Waals surface area contributed by atoms with Crippen LogP contribution in [-0.4, -0.2) is 41.2 Å². The van der Waals surface area contributed by atoms with Gasteiger partial charge in [-0.15, -0.1) is 0 Å². The molecule has 0 radical (unpaired) electrons. The van der Waals surface area contributed by atoms with Crippen molar-refractivity contribution in [1.82, 2.24) is 9.62 Å². The van der Waals surface area contributed by atoms with E-state index in [1.807, 2.05) is 13.8 Å². The number of nitrogens with one attached hydrogen (secondary N) is 1. The monoisotopic (exact) mass is 453 g/mol. The number of aryl methyl sites for hydroxylation is 2. The number of rotatable bonds is 8. The zero-order valence-corrected chi connectivity index (χ0v) is 19.0. The number of primary sulfonamides is 1. The second-order valence-corrected chi connectivity index (χ2v) is 10.5. The highest BCUT2D eigenvalue weighted by atomic mass is 32.2. The first-order chi connectivity index (χ1) is 13.8. The summed E-state index contributed by atoms with van der Waals surface area (Å²) in [5.74, 6) is -0.286. The number of carbonyl (C=O) groups is 1. The summed E-state index contributed by atoms with van der Waals surface area (Å²) < 4.78 is 50.4. The zero-order chi connectivity index (χ0) is 22.7. The van der Waals surface area contributed by atoms with E-state index in [2.05, 4.69) is 4.72 Å². The van der Waals surface area contributed by atoms with Crippen LogP contribution in [0.25, 0.3) is 0 Å². The second kappa shape index (κ2) is 9.25. The van der Waals surface area contributed by atoms with E-state index >= 15 is 0 Å². The Labute approximate surface area is 178 Å². The lowest BCUT2D eigenvalue weighted by Crippen LogP contribution is -2.33. The Morgan fingerprint density at radius 1 is 1.03 bits per heavy atom. The average molecular weight is 454 g/mol. The predicted molar refractivity (Wildman–Crippen MR) is 115 cm³/mol. The maximum Gasteiger partial charge on any atom is 0.240 e. The number of nitrogens with zero attached hydrogens (tertiary/aromatic N) is 1. The Morgan fingerprint density at radius 2 is 1.70 bits per heavy atom. The van der Waals surface area contributed by atoms with Gasteiger partial charge in [-0.2, -0.15) is 0 Å². The van der Waals surface area contributed by atoms with E-state index in [0.717, 1.165) is 11.1 Å².